The fraction of sp³-hybridized carbons (Fsp3) is 0.462. The van der Waals surface area contributed by atoms with Crippen LogP contribution in [-0.2, 0) is 11.0 Å². The number of nitrogens with one attached hydrogen (secondary N) is 1. The summed E-state index contributed by atoms with van der Waals surface area (Å²) in [6.45, 7) is 2.05. The molecule has 0 bridgehead atoms. The molecule has 0 heterocycles. The van der Waals surface area contributed by atoms with Gasteiger partial charge in [0, 0.05) is 12.2 Å². The monoisotopic (exact) mass is 308 g/mol. The van der Waals surface area contributed by atoms with Crippen LogP contribution in [0.1, 0.15) is 25.3 Å². The number of carbonyl (C=O) groups is 1. The third-order valence-corrected chi connectivity index (χ3v) is 3.16. The smallest absolute Gasteiger partial charge is 0.330 e. The van der Waals surface area contributed by atoms with Gasteiger partial charge >= 0.3 is 6.18 Å². The fourth-order valence-electron chi connectivity index (χ4n) is 1.77. The van der Waals surface area contributed by atoms with Gasteiger partial charge in [-0.3, -0.25) is 4.79 Å². The van der Waals surface area contributed by atoms with E-state index in [1.807, 2.05) is 6.92 Å². The highest BCUT2D eigenvalue weighted by molar-refractivity contribution is 6.31. The van der Waals surface area contributed by atoms with E-state index in [2.05, 4.69) is 5.32 Å². The molecular weight excluding hydrogens is 293 g/mol. The molecule has 3 nitrogen and oxygen atoms in total. The summed E-state index contributed by atoms with van der Waals surface area (Å²) in [5.74, 6) is -0.796. The van der Waals surface area contributed by atoms with Crippen molar-refractivity contribution >= 4 is 23.2 Å². The molecule has 1 unspecified atom stereocenters. The lowest BCUT2D eigenvalue weighted by atomic mass is 10.0. The molecule has 0 aromatic heterocycles. The molecule has 0 spiro atoms. The van der Waals surface area contributed by atoms with Crippen molar-refractivity contribution in [1.82, 2.24) is 0 Å². The zero-order chi connectivity index (χ0) is 15.3. The zero-order valence-corrected chi connectivity index (χ0v) is 11.7. The van der Waals surface area contributed by atoms with Crippen LogP contribution in [0.2, 0.25) is 5.02 Å². The topological polar surface area (TPSA) is 55.1 Å². The van der Waals surface area contributed by atoms with Crippen LogP contribution < -0.4 is 11.1 Å². The van der Waals surface area contributed by atoms with Gasteiger partial charge in [0.2, 0.25) is 5.91 Å². The summed E-state index contributed by atoms with van der Waals surface area (Å²) < 4.78 is 38.1. The summed E-state index contributed by atoms with van der Waals surface area (Å²) in [5, 5.41) is 2.04. The maximum atomic E-state index is 12.7. The first-order valence-corrected chi connectivity index (χ1v) is 6.55. The lowest BCUT2D eigenvalue weighted by Gasteiger charge is -2.15. The summed E-state index contributed by atoms with van der Waals surface area (Å²) >= 11 is 5.50. The van der Waals surface area contributed by atoms with Gasteiger partial charge < -0.3 is 11.1 Å². The number of amides is 1. The van der Waals surface area contributed by atoms with Crippen LogP contribution in [0.15, 0.2) is 18.2 Å². The summed E-state index contributed by atoms with van der Waals surface area (Å²) in [5.41, 5.74) is 4.56. The lowest BCUT2D eigenvalue weighted by molar-refractivity contribution is -0.137. The van der Waals surface area contributed by atoms with Crippen molar-refractivity contribution in [2.75, 3.05) is 11.9 Å². The first-order valence-electron chi connectivity index (χ1n) is 6.17. The quantitative estimate of drug-likeness (QED) is 0.872. The Bertz CT molecular complexity index is 477. The predicted octanol–water partition coefficient (Wildman–Crippen LogP) is 3.67. The van der Waals surface area contributed by atoms with Crippen LogP contribution in [-0.4, -0.2) is 12.5 Å². The van der Waals surface area contributed by atoms with Crippen LogP contribution in [0.3, 0.4) is 0 Å². The molecular formula is C13H16ClF3N2O. The Morgan fingerprint density at radius 2 is 2.10 bits per heavy atom. The number of rotatable bonds is 5. The molecule has 3 N–H and O–H groups in total. The van der Waals surface area contributed by atoms with Gasteiger partial charge in [0.25, 0.3) is 0 Å². The molecule has 0 aliphatic carbocycles. The van der Waals surface area contributed by atoms with E-state index in [1.165, 1.54) is 6.07 Å². The fourth-order valence-corrected chi connectivity index (χ4v) is 1.99. The summed E-state index contributed by atoms with van der Waals surface area (Å²) in [7, 11) is 0. The van der Waals surface area contributed by atoms with Crippen molar-refractivity contribution in [2.45, 2.75) is 25.9 Å². The van der Waals surface area contributed by atoms with Gasteiger partial charge in [-0.25, -0.2) is 0 Å². The Kier molecular flexibility index (Phi) is 5.83. The molecule has 0 saturated heterocycles. The van der Waals surface area contributed by atoms with Gasteiger partial charge in [-0.15, -0.1) is 0 Å². The largest absolute Gasteiger partial charge is 0.417 e. The number of halogens is 4. The molecule has 0 fully saturated rings. The summed E-state index contributed by atoms with van der Waals surface area (Å²) in [6.07, 6.45) is -3.21. The molecule has 1 atom stereocenters. The predicted molar refractivity (Wildman–Crippen MR) is 72.5 cm³/mol. The van der Waals surface area contributed by atoms with Crippen molar-refractivity contribution in [3.05, 3.63) is 28.8 Å². The van der Waals surface area contributed by atoms with Gasteiger partial charge in [-0.05, 0) is 24.6 Å². The van der Waals surface area contributed by atoms with Gasteiger partial charge in [-0.2, -0.15) is 13.2 Å². The normalized spacial score (nSPS) is 13.1. The molecule has 0 saturated carbocycles. The maximum Gasteiger partial charge on any atom is 0.417 e. The Morgan fingerprint density at radius 1 is 1.45 bits per heavy atom. The summed E-state index contributed by atoms with van der Waals surface area (Å²) in [4.78, 5) is 11.9. The Labute approximate surface area is 120 Å². The SMILES string of the molecule is CCCC(CN)C(=O)Nc1ccc(Cl)c(C(F)(F)F)c1. The summed E-state index contributed by atoms with van der Waals surface area (Å²) in [6, 6.07) is 3.26. The van der Waals surface area contributed by atoms with E-state index < -0.39 is 22.7 Å². The first-order chi connectivity index (χ1) is 9.29. The van der Waals surface area contributed by atoms with Crippen LogP contribution in [0.5, 0.6) is 0 Å². The number of anilines is 1. The van der Waals surface area contributed by atoms with Gasteiger partial charge in [0.15, 0.2) is 0 Å². The van der Waals surface area contributed by atoms with Crippen molar-refractivity contribution in [1.29, 1.82) is 0 Å². The molecule has 20 heavy (non-hydrogen) atoms. The zero-order valence-electron chi connectivity index (χ0n) is 10.9. The molecule has 0 aliphatic rings. The molecule has 1 rings (SSSR count). The number of alkyl halides is 3. The number of benzene rings is 1. The molecule has 112 valence electrons. The molecule has 0 radical (unpaired) electrons. The number of carbonyl (C=O) groups excluding carboxylic acids is 1. The van der Waals surface area contributed by atoms with Crippen LogP contribution in [0, 0.1) is 5.92 Å². The van der Waals surface area contributed by atoms with E-state index >= 15 is 0 Å². The Hall–Kier alpha value is -1.27. The van der Waals surface area contributed by atoms with Crippen LogP contribution in [0.25, 0.3) is 0 Å². The minimum atomic E-state index is -4.56. The number of hydrogen-bond donors (Lipinski definition) is 2. The average molecular weight is 309 g/mol. The minimum Gasteiger partial charge on any atom is -0.330 e. The van der Waals surface area contributed by atoms with Crippen LogP contribution in [0.4, 0.5) is 18.9 Å². The van der Waals surface area contributed by atoms with Crippen molar-refractivity contribution in [3.8, 4) is 0 Å². The standard InChI is InChI=1S/C13H16ClF3N2O/c1-2-3-8(7-18)12(20)19-9-4-5-11(14)10(6-9)13(15,16)17/h4-6,8H,2-3,7,18H2,1H3,(H,19,20). The second kappa shape index (κ2) is 6.95. The highest BCUT2D eigenvalue weighted by atomic mass is 35.5. The third kappa shape index (κ3) is 4.38. The molecule has 1 aromatic carbocycles. The third-order valence-electron chi connectivity index (χ3n) is 2.83. The highest BCUT2D eigenvalue weighted by Crippen LogP contribution is 2.36. The number of hydrogen-bond acceptors (Lipinski definition) is 2. The van der Waals surface area contributed by atoms with E-state index in [0.717, 1.165) is 18.6 Å². The molecule has 1 amide bonds. The average Bonchev–Trinajstić information content (AvgIpc) is 2.36. The van der Waals surface area contributed by atoms with E-state index in [0.29, 0.717) is 6.42 Å². The van der Waals surface area contributed by atoms with Crippen molar-refractivity contribution in [2.24, 2.45) is 11.7 Å². The lowest BCUT2D eigenvalue weighted by Crippen LogP contribution is -2.29. The second-order valence-electron chi connectivity index (χ2n) is 4.40. The molecule has 0 aliphatic heterocycles. The molecule has 1 aromatic rings. The number of nitrogens with two attached hydrogens (primary N) is 1. The van der Waals surface area contributed by atoms with E-state index in [4.69, 9.17) is 17.3 Å². The Balaban J connectivity index is 2.91. The van der Waals surface area contributed by atoms with Crippen molar-refractivity contribution < 1.29 is 18.0 Å². The Morgan fingerprint density at radius 3 is 2.60 bits per heavy atom. The van der Waals surface area contributed by atoms with Gasteiger partial charge in [-0.1, -0.05) is 24.9 Å². The van der Waals surface area contributed by atoms with Gasteiger partial charge in [0.1, 0.15) is 0 Å². The molecule has 7 heteroatoms. The van der Waals surface area contributed by atoms with E-state index in [9.17, 15) is 18.0 Å². The first kappa shape index (κ1) is 16.8. The minimum absolute atomic E-state index is 0.0567. The second-order valence-corrected chi connectivity index (χ2v) is 4.81. The van der Waals surface area contributed by atoms with E-state index in [1.54, 1.807) is 0 Å². The van der Waals surface area contributed by atoms with Crippen LogP contribution >= 0.6 is 11.6 Å². The van der Waals surface area contributed by atoms with Crippen molar-refractivity contribution in [3.63, 3.8) is 0 Å². The van der Waals surface area contributed by atoms with Gasteiger partial charge in [0.05, 0.1) is 16.5 Å². The van der Waals surface area contributed by atoms with E-state index in [-0.39, 0.29) is 18.1 Å². The maximum absolute atomic E-state index is 12.7. The highest BCUT2D eigenvalue weighted by Gasteiger charge is 2.33.